The van der Waals surface area contributed by atoms with Crippen LogP contribution in [0, 0.1) is 10.6 Å². The van der Waals surface area contributed by atoms with Crippen molar-refractivity contribution in [3.8, 4) is 11.4 Å². The summed E-state index contributed by atoms with van der Waals surface area (Å²) in [5.74, 6) is 0.458. The van der Waals surface area contributed by atoms with Crippen molar-refractivity contribution < 1.29 is 12.8 Å². The molecule has 2 aromatic carbocycles. The van der Waals surface area contributed by atoms with Crippen LogP contribution in [-0.4, -0.2) is 58.1 Å². The quantitative estimate of drug-likeness (QED) is 0.493. The van der Waals surface area contributed by atoms with Gasteiger partial charge in [0, 0.05) is 33.2 Å². The molecule has 0 radical (unpaired) electrons. The van der Waals surface area contributed by atoms with Crippen LogP contribution in [0.4, 0.5) is 4.39 Å². The lowest BCUT2D eigenvalue weighted by atomic mass is 10.0. The molecular formula is C23H28FN5O2S2. The van der Waals surface area contributed by atoms with Crippen LogP contribution in [0.2, 0.25) is 0 Å². The van der Waals surface area contributed by atoms with Crippen LogP contribution in [-0.2, 0) is 23.7 Å². The van der Waals surface area contributed by atoms with Crippen molar-refractivity contribution in [1.29, 1.82) is 0 Å². The second-order valence-corrected chi connectivity index (χ2v) is 10.8. The SMILES string of the molecule is CC(C)c1ccc(S(=O)(=O)N2CCN(Cn3nc(-c4ccccc4F)n(C)c3=S)CC2)cc1. The summed E-state index contributed by atoms with van der Waals surface area (Å²) in [6.45, 7) is 6.44. The summed E-state index contributed by atoms with van der Waals surface area (Å²) in [6.07, 6.45) is 0. The average molecular weight is 490 g/mol. The minimum atomic E-state index is -3.53. The Kier molecular flexibility index (Phi) is 6.81. The number of piperazine rings is 1. The first-order valence-corrected chi connectivity index (χ1v) is 12.7. The lowest BCUT2D eigenvalue weighted by Crippen LogP contribution is -2.48. The fraction of sp³-hybridized carbons (Fsp3) is 0.391. The molecule has 0 atom stereocenters. The van der Waals surface area contributed by atoms with Gasteiger partial charge in [-0.3, -0.25) is 4.90 Å². The zero-order valence-corrected chi connectivity index (χ0v) is 20.6. The Hall–Kier alpha value is -2.40. The third kappa shape index (κ3) is 4.79. The minimum Gasteiger partial charge on any atom is -0.303 e. The Bertz CT molecular complexity index is 1290. The van der Waals surface area contributed by atoms with Crippen molar-refractivity contribution in [3.63, 3.8) is 0 Å². The Morgan fingerprint density at radius 1 is 1.03 bits per heavy atom. The molecule has 4 rings (SSSR count). The molecule has 0 bridgehead atoms. The zero-order valence-electron chi connectivity index (χ0n) is 19.0. The van der Waals surface area contributed by atoms with Crippen molar-refractivity contribution in [2.45, 2.75) is 31.3 Å². The van der Waals surface area contributed by atoms with Gasteiger partial charge in [-0.2, -0.15) is 9.40 Å². The van der Waals surface area contributed by atoms with Gasteiger partial charge in [-0.1, -0.05) is 38.1 Å². The second-order valence-electron chi connectivity index (χ2n) is 8.53. The summed E-state index contributed by atoms with van der Waals surface area (Å²) in [5, 5.41) is 4.53. The Morgan fingerprint density at radius 2 is 1.67 bits per heavy atom. The standard InChI is InChI=1S/C23H28FN5O2S2/c1-17(2)18-8-10-19(11-9-18)33(30,31)28-14-12-27(13-15-28)16-29-23(32)26(3)22(25-29)20-6-4-5-7-21(20)24/h4-11,17H,12-16H2,1-3H3. The van der Waals surface area contributed by atoms with E-state index in [1.165, 1.54) is 10.4 Å². The molecule has 1 aliphatic heterocycles. The van der Waals surface area contributed by atoms with Gasteiger partial charge in [0.15, 0.2) is 10.6 Å². The number of rotatable bonds is 6. The molecule has 33 heavy (non-hydrogen) atoms. The van der Waals surface area contributed by atoms with Gasteiger partial charge in [-0.05, 0) is 48.0 Å². The Labute approximate surface area is 199 Å². The van der Waals surface area contributed by atoms with E-state index < -0.39 is 10.0 Å². The first-order chi connectivity index (χ1) is 15.7. The van der Waals surface area contributed by atoms with E-state index in [1.54, 1.807) is 46.6 Å². The Balaban J connectivity index is 1.44. The van der Waals surface area contributed by atoms with E-state index in [1.807, 2.05) is 12.1 Å². The van der Waals surface area contributed by atoms with Gasteiger partial charge in [0.05, 0.1) is 17.1 Å². The predicted octanol–water partition coefficient (Wildman–Crippen LogP) is 3.84. The summed E-state index contributed by atoms with van der Waals surface area (Å²) in [4.78, 5) is 2.42. The number of halogens is 1. The number of benzene rings is 2. The van der Waals surface area contributed by atoms with Gasteiger partial charge in [-0.15, -0.1) is 0 Å². The lowest BCUT2D eigenvalue weighted by Gasteiger charge is -2.33. The lowest BCUT2D eigenvalue weighted by molar-refractivity contribution is 0.144. The zero-order chi connectivity index (χ0) is 23.8. The van der Waals surface area contributed by atoms with E-state index in [2.05, 4.69) is 23.8 Å². The molecule has 0 N–H and O–H groups in total. The predicted molar refractivity (Wildman–Crippen MR) is 128 cm³/mol. The summed E-state index contributed by atoms with van der Waals surface area (Å²) < 4.78 is 45.7. The van der Waals surface area contributed by atoms with Crippen LogP contribution in [0.5, 0.6) is 0 Å². The fourth-order valence-corrected chi connectivity index (χ4v) is 5.54. The van der Waals surface area contributed by atoms with Gasteiger partial charge in [0.1, 0.15) is 5.82 Å². The maximum atomic E-state index is 14.2. The normalized spacial score (nSPS) is 15.9. The molecule has 1 fully saturated rings. The Morgan fingerprint density at radius 3 is 2.27 bits per heavy atom. The van der Waals surface area contributed by atoms with Gasteiger partial charge >= 0.3 is 0 Å². The van der Waals surface area contributed by atoms with Crippen LogP contribution < -0.4 is 0 Å². The molecule has 1 aromatic heterocycles. The molecule has 176 valence electrons. The molecule has 1 saturated heterocycles. The molecule has 0 amide bonds. The molecule has 3 aromatic rings. The highest BCUT2D eigenvalue weighted by Crippen LogP contribution is 2.23. The van der Waals surface area contributed by atoms with Gasteiger partial charge in [0.2, 0.25) is 10.0 Å². The van der Waals surface area contributed by atoms with Crippen LogP contribution in [0.25, 0.3) is 11.4 Å². The maximum absolute atomic E-state index is 14.2. The number of sulfonamides is 1. The largest absolute Gasteiger partial charge is 0.303 e. The molecule has 0 unspecified atom stereocenters. The number of aromatic nitrogens is 3. The highest BCUT2D eigenvalue weighted by Gasteiger charge is 2.29. The third-order valence-electron chi connectivity index (χ3n) is 6.01. The molecule has 0 aliphatic carbocycles. The van der Waals surface area contributed by atoms with E-state index in [4.69, 9.17) is 12.2 Å². The summed E-state index contributed by atoms with van der Waals surface area (Å²) in [6, 6.07) is 13.6. The topological polar surface area (TPSA) is 63.4 Å². The van der Waals surface area contributed by atoms with E-state index in [9.17, 15) is 12.8 Å². The van der Waals surface area contributed by atoms with Crippen molar-refractivity contribution in [1.82, 2.24) is 23.6 Å². The molecule has 7 nitrogen and oxygen atoms in total. The van der Waals surface area contributed by atoms with Crippen LogP contribution in [0.3, 0.4) is 0 Å². The average Bonchev–Trinajstić information content (AvgIpc) is 3.08. The highest BCUT2D eigenvalue weighted by molar-refractivity contribution is 7.89. The maximum Gasteiger partial charge on any atom is 0.243 e. The number of nitrogens with zero attached hydrogens (tertiary/aromatic N) is 5. The van der Waals surface area contributed by atoms with Gasteiger partial charge in [0.25, 0.3) is 0 Å². The highest BCUT2D eigenvalue weighted by atomic mass is 32.2. The molecule has 1 aliphatic rings. The molecular weight excluding hydrogens is 461 g/mol. The summed E-state index contributed by atoms with van der Waals surface area (Å²) in [7, 11) is -1.77. The third-order valence-corrected chi connectivity index (χ3v) is 8.40. The van der Waals surface area contributed by atoms with Crippen LogP contribution in [0.15, 0.2) is 53.4 Å². The van der Waals surface area contributed by atoms with E-state index in [0.29, 0.717) is 59.8 Å². The van der Waals surface area contributed by atoms with Gasteiger partial charge < -0.3 is 4.57 Å². The van der Waals surface area contributed by atoms with E-state index >= 15 is 0 Å². The van der Waals surface area contributed by atoms with Crippen molar-refractivity contribution in [2.75, 3.05) is 26.2 Å². The number of hydrogen-bond acceptors (Lipinski definition) is 5. The fourth-order valence-electron chi connectivity index (χ4n) is 3.93. The molecule has 10 heteroatoms. The van der Waals surface area contributed by atoms with Gasteiger partial charge in [-0.25, -0.2) is 17.5 Å². The van der Waals surface area contributed by atoms with Crippen molar-refractivity contribution in [2.24, 2.45) is 7.05 Å². The van der Waals surface area contributed by atoms with Crippen molar-refractivity contribution >= 4 is 22.2 Å². The summed E-state index contributed by atoms with van der Waals surface area (Å²) in [5.41, 5.74) is 1.50. The monoisotopic (exact) mass is 489 g/mol. The van der Waals surface area contributed by atoms with E-state index in [0.717, 1.165) is 5.56 Å². The van der Waals surface area contributed by atoms with Crippen molar-refractivity contribution in [3.05, 3.63) is 64.7 Å². The molecule has 2 heterocycles. The smallest absolute Gasteiger partial charge is 0.243 e. The van der Waals surface area contributed by atoms with Crippen LogP contribution in [0.1, 0.15) is 25.3 Å². The minimum absolute atomic E-state index is 0.321. The first-order valence-electron chi connectivity index (χ1n) is 10.9. The number of hydrogen-bond donors (Lipinski definition) is 0. The van der Waals surface area contributed by atoms with Crippen LogP contribution >= 0.6 is 12.2 Å². The molecule has 0 spiro atoms. The second kappa shape index (κ2) is 9.46. The van der Waals surface area contributed by atoms with E-state index in [-0.39, 0.29) is 5.82 Å². The summed E-state index contributed by atoms with van der Waals surface area (Å²) >= 11 is 5.51. The first kappa shape index (κ1) is 23.7. The molecule has 0 saturated carbocycles.